The van der Waals surface area contributed by atoms with Crippen LogP contribution in [0.25, 0.3) is 0 Å². The van der Waals surface area contributed by atoms with Gasteiger partial charge in [0.15, 0.2) is 0 Å². The molecule has 4 nitrogen and oxygen atoms in total. The van der Waals surface area contributed by atoms with Crippen molar-refractivity contribution in [1.82, 2.24) is 4.90 Å². The van der Waals surface area contributed by atoms with Crippen LogP contribution >= 0.6 is 11.3 Å². The van der Waals surface area contributed by atoms with Gasteiger partial charge in [0.05, 0.1) is 11.3 Å². The monoisotopic (exact) mass is 239 g/mol. The van der Waals surface area contributed by atoms with E-state index in [9.17, 15) is 9.59 Å². The van der Waals surface area contributed by atoms with Gasteiger partial charge < -0.3 is 10.0 Å². The Morgan fingerprint density at radius 2 is 2.19 bits per heavy atom. The maximum Gasteiger partial charge on any atom is 0.303 e. The first-order valence-corrected chi connectivity index (χ1v) is 5.95. The SMILES string of the molecule is Cc1ccc(C(=O)N2CC(CC(=O)O)C2)s1. The molecule has 5 heteroatoms. The minimum absolute atomic E-state index is 0.0275. The Labute approximate surface area is 97.5 Å². The van der Waals surface area contributed by atoms with Crippen LogP contribution in [0.3, 0.4) is 0 Å². The fourth-order valence-corrected chi connectivity index (χ4v) is 2.65. The highest BCUT2D eigenvalue weighted by Gasteiger charge is 2.32. The van der Waals surface area contributed by atoms with Crippen molar-refractivity contribution in [2.24, 2.45) is 5.92 Å². The third kappa shape index (κ3) is 2.24. The third-order valence-electron chi connectivity index (χ3n) is 2.66. The fraction of sp³-hybridized carbons (Fsp3) is 0.455. The lowest BCUT2D eigenvalue weighted by Crippen LogP contribution is -2.50. The lowest BCUT2D eigenvalue weighted by molar-refractivity contribution is -0.139. The number of amides is 1. The van der Waals surface area contributed by atoms with Crippen LogP contribution in [0.15, 0.2) is 12.1 Å². The van der Waals surface area contributed by atoms with Gasteiger partial charge >= 0.3 is 5.97 Å². The van der Waals surface area contributed by atoms with Gasteiger partial charge in [0.25, 0.3) is 5.91 Å². The molecule has 1 aliphatic heterocycles. The summed E-state index contributed by atoms with van der Waals surface area (Å²) in [4.78, 5) is 25.9. The summed E-state index contributed by atoms with van der Waals surface area (Å²) >= 11 is 1.48. The quantitative estimate of drug-likeness (QED) is 0.871. The molecule has 1 saturated heterocycles. The maximum absolute atomic E-state index is 11.9. The summed E-state index contributed by atoms with van der Waals surface area (Å²) in [5, 5.41) is 8.59. The fourth-order valence-electron chi connectivity index (χ4n) is 1.82. The molecule has 1 aromatic rings. The normalized spacial score (nSPS) is 15.9. The molecule has 0 unspecified atom stereocenters. The molecule has 86 valence electrons. The molecule has 0 atom stereocenters. The molecule has 1 aromatic heterocycles. The van der Waals surface area contributed by atoms with Gasteiger partial charge in [-0.1, -0.05) is 0 Å². The minimum Gasteiger partial charge on any atom is -0.481 e. The molecule has 0 radical (unpaired) electrons. The summed E-state index contributed by atoms with van der Waals surface area (Å²) in [6, 6.07) is 3.75. The van der Waals surface area contributed by atoms with E-state index < -0.39 is 5.97 Å². The highest BCUT2D eigenvalue weighted by Crippen LogP contribution is 2.24. The Kier molecular flexibility index (Phi) is 2.96. The van der Waals surface area contributed by atoms with Crippen LogP contribution in [0.5, 0.6) is 0 Å². The molecule has 1 fully saturated rings. The second kappa shape index (κ2) is 4.25. The van der Waals surface area contributed by atoms with E-state index in [4.69, 9.17) is 5.11 Å². The van der Waals surface area contributed by atoms with Gasteiger partial charge in [-0.25, -0.2) is 0 Å². The van der Waals surface area contributed by atoms with E-state index in [1.807, 2.05) is 19.1 Å². The molecule has 0 saturated carbocycles. The average Bonchev–Trinajstić information content (AvgIpc) is 2.56. The topological polar surface area (TPSA) is 57.6 Å². The Balaban J connectivity index is 1.88. The minimum atomic E-state index is -0.788. The van der Waals surface area contributed by atoms with Crippen LogP contribution in [-0.4, -0.2) is 35.0 Å². The van der Waals surface area contributed by atoms with Crippen LogP contribution in [0.2, 0.25) is 0 Å². The zero-order chi connectivity index (χ0) is 11.7. The summed E-state index contributed by atoms with van der Waals surface area (Å²) < 4.78 is 0. The zero-order valence-corrected chi connectivity index (χ0v) is 9.79. The standard InChI is InChI=1S/C11H13NO3S/c1-7-2-3-9(16-7)11(15)12-5-8(6-12)4-10(13)14/h2-3,8H,4-6H2,1H3,(H,13,14). The van der Waals surface area contributed by atoms with Crippen LogP contribution in [0.1, 0.15) is 21.0 Å². The summed E-state index contributed by atoms with van der Waals surface area (Å²) in [6.45, 7) is 3.11. The van der Waals surface area contributed by atoms with Crippen molar-refractivity contribution in [2.45, 2.75) is 13.3 Å². The average molecular weight is 239 g/mol. The number of hydrogen-bond donors (Lipinski definition) is 1. The van der Waals surface area contributed by atoms with Crippen molar-refractivity contribution >= 4 is 23.2 Å². The Morgan fingerprint density at radius 1 is 1.50 bits per heavy atom. The number of carboxylic acid groups (broad SMARTS) is 1. The molecule has 0 aromatic carbocycles. The largest absolute Gasteiger partial charge is 0.481 e. The number of carbonyl (C=O) groups is 2. The summed E-state index contributed by atoms with van der Waals surface area (Å²) in [5.41, 5.74) is 0. The van der Waals surface area contributed by atoms with Crippen molar-refractivity contribution in [3.05, 3.63) is 21.9 Å². The first-order chi connectivity index (χ1) is 7.56. The van der Waals surface area contributed by atoms with Gasteiger partial charge in [-0.05, 0) is 19.1 Å². The number of rotatable bonds is 3. The number of nitrogens with zero attached hydrogens (tertiary/aromatic N) is 1. The van der Waals surface area contributed by atoms with E-state index in [0.29, 0.717) is 13.1 Å². The molecule has 1 N–H and O–H groups in total. The van der Waals surface area contributed by atoms with Crippen LogP contribution in [-0.2, 0) is 4.79 Å². The maximum atomic E-state index is 11.9. The zero-order valence-electron chi connectivity index (χ0n) is 8.97. The Hall–Kier alpha value is -1.36. The van der Waals surface area contributed by atoms with Gasteiger partial charge in [0.1, 0.15) is 0 Å². The Bertz CT molecular complexity index is 421. The first kappa shape index (κ1) is 11.1. The molecule has 0 aliphatic carbocycles. The number of carboxylic acids is 1. The second-order valence-electron chi connectivity index (χ2n) is 4.08. The molecular weight excluding hydrogens is 226 g/mol. The first-order valence-electron chi connectivity index (χ1n) is 5.14. The molecule has 0 spiro atoms. The molecule has 0 bridgehead atoms. The van der Waals surface area contributed by atoms with Crippen molar-refractivity contribution in [3.63, 3.8) is 0 Å². The molecular formula is C11H13NO3S. The number of thiophene rings is 1. The van der Waals surface area contributed by atoms with E-state index >= 15 is 0 Å². The molecule has 2 heterocycles. The summed E-state index contributed by atoms with van der Waals surface area (Å²) in [7, 11) is 0. The number of likely N-dealkylation sites (tertiary alicyclic amines) is 1. The van der Waals surface area contributed by atoms with E-state index in [2.05, 4.69) is 0 Å². The van der Waals surface area contributed by atoms with Gasteiger partial charge in [-0.15, -0.1) is 11.3 Å². The third-order valence-corrected chi connectivity index (χ3v) is 3.65. The van der Waals surface area contributed by atoms with E-state index in [1.165, 1.54) is 11.3 Å². The molecule has 2 rings (SSSR count). The van der Waals surface area contributed by atoms with Gasteiger partial charge in [-0.3, -0.25) is 9.59 Å². The van der Waals surface area contributed by atoms with Crippen molar-refractivity contribution in [1.29, 1.82) is 0 Å². The highest BCUT2D eigenvalue weighted by atomic mass is 32.1. The molecule has 16 heavy (non-hydrogen) atoms. The lowest BCUT2D eigenvalue weighted by Gasteiger charge is -2.38. The number of aliphatic carboxylic acids is 1. The molecule has 1 aliphatic rings. The predicted molar refractivity (Wildman–Crippen MR) is 60.7 cm³/mol. The van der Waals surface area contributed by atoms with Gasteiger partial charge in [0, 0.05) is 23.9 Å². The van der Waals surface area contributed by atoms with E-state index in [1.54, 1.807) is 4.90 Å². The highest BCUT2D eigenvalue weighted by molar-refractivity contribution is 7.13. The van der Waals surface area contributed by atoms with Crippen molar-refractivity contribution < 1.29 is 14.7 Å². The van der Waals surface area contributed by atoms with Crippen LogP contribution in [0.4, 0.5) is 0 Å². The smallest absolute Gasteiger partial charge is 0.303 e. The van der Waals surface area contributed by atoms with Crippen LogP contribution in [0, 0.1) is 12.8 Å². The number of hydrogen-bond acceptors (Lipinski definition) is 3. The predicted octanol–water partition coefficient (Wildman–Crippen LogP) is 1.60. The second-order valence-corrected chi connectivity index (χ2v) is 5.37. The van der Waals surface area contributed by atoms with E-state index in [-0.39, 0.29) is 18.2 Å². The van der Waals surface area contributed by atoms with Crippen molar-refractivity contribution in [2.75, 3.05) is 13.1 Å². The lowest BCUT2D eigenvalue weighted by atomic mass is 9.96. The Morgan fingerprint density at radius 3 is 2.69 bits per heavy atom. The van der Waals surface area contributed by atoms with Crippen LogP contribution < -0.4 is 0 Å². The van der Waals surface area contributed by atoms with Gasteiger partial charge in [0.2, 0.25) is 0 Å². The number of aryl methyl sites for hydroxylation is 1. The van der Waals surface area contributed by atoms with E-state index in [0.717, 1.165) is 9.75 Å². The molecule has 1 amide bonds. The van der Waals surface area contributed by atoms with Gasteiger partial charge in [-0.2, -0.15) is 0 Å². The number of carbonyl (C=O) groups excluding carboxylic acids is 1. The summed E-state index contributed by atoms with van der Waals surface area (Å²) in [6.07, 6.45) is 0.160. The summed E-state index contributed by atoms with van der Waals surface area (Å²) in [5.74, 6) is -0.633. The van der Waals surface area contributed by atoms with Crippen molar-refractivity contribution in [3.8, 4) is 0 Å².